The molecule has 1 unspecified atom stereocenters. The van der Waals surface area contributed by atoms with Crippen LogP contribution in [-0.4, -0.2) is 24.1 Å². The summed E-state index contributed by atoms with van der Waals surface area (Å²) in [6.45, 7) is 3.70. The summed E-state index contributed by atoms with van der Waals surface area (Å²) in [5.74, 6) is -0.473. The summed E-state index contributed by atoms with van der Waals surface area (Å²) in [4.78, 5) is 11.1. The molecule has 7 heteroatoms. The fourth-order valence-corrected chi connectivity index (χ4v) is 1.62. The van der Waals surface area contributed by atoms with Crippen LogP contribution in [0.1, 0.15) is 31.1 Å². The van der Waals surface area contributed by atoms with Gasteiger partial charge in [0.15, 0.2) is 0 Å². The Morgan fingerprint density at radius 1 is 1.29 bits per heavy atom. The smallest absolute Gasteiger partial charge is 0.387 e. The molecule has 21 heavy (non-hydrogen) atoms. The van der Waals surface area contributed by atoms with Crippen molar-refractivity contribution in [2.75, 3.05) is 13.1 Å². The average molecular weight is 304 g/mol. The first-order valence-electron chi connectivity index (χ1n) is 6.40. The van der Waals surface area contributed by atoms with Gasteiger partial charge in [-0.25, -0.2) is 0 Å². The van der Waals surface area contributed by atoms with Crippen molar-refractivity contribution in [3.63, 3.8) is 0 Å². The number of rotatable bonds is 6. The number of benzene rings is 1. The standard InChI is InChI=1S/C14H19F3N2O2/c1-13(2,12(18)21)8-19-7-11(20)9-3-5-10(6-4-9)14(15,16)17/h3-6,11,19-20H,7-8H2,1-2H3,(H2,18,21). The molecular formula is C14H19F3N2O2. The molecule has 0 aliphatic rings. The Morgan fingerprint density at radius 2 is 1.81 bits per heavy atom. The molecule has 0 aliphatic heterocycles. The monoisotopic (exact) mass is 304 g/mol. The minimum atomic E-state index is -4.40. The van der Waals surface area contributed by atoms with Crippen LogP contribution < -0.4 is 11.1 Å². The predicted molar refractivity (Wildman–Crippen MR) is 72.2 cm³/mol. The van der Waals surface area contributed by atoms with Crippen molar-refractivity contribution in [2.45, 2.75) is 26.1 Å². The van der Waals surface area contributed by atoms with Crippen LogP contribution in [-0.2, 0) is 11.0 Å². The quantitative estimate of drug-likeness (QED) is 0.750. The van der Waals surface area contributed by atoms with Gasteiger partial charge in [0.05, 0.1) is 17.1 Å². The van der Waals surface area contributed by atoms with Gasteiger partial charge in [0, 0.05) is 13.1 Å². The first-order chi connectivity index (χ1) is 9.54. The maximum Gasteiger partial charge on any atom is 0.416 e. The van der Waals surface area contributed by atoms with E-state index in [0.717, 1.165) is 12.1 Å². The van der Waals surface area contributed by atoms with Crippen molar-refractivity contribution in [3.8, 4) is 0 Å². The highest BCUT2D eigenvalue weighted by Gasteiger charge is 2.30. The summed E-state index contributed by atoms with van der Waals surface area (Å²) in [7, 11) is 0. The van der Waals surface area contributed by atoms with E-state index in [1.807, 2.05) is 0 Å². The number of alkyl halides is 3. The zero-order valence-corrected chi connectivity index (χ0v) is 11.9. The molecule has 0 saturated heterocycles. The molecule has 0 spiro atoms. The number of halogens is 3. The fourth-order valence-electron chi connectivity index (χ4n) is 1.62. The van der Waals surface area contributed by atoms with Gasteiger partial charge in [0.2, 0.25) is 5.91 Å². The number of nitrogens with two attached hydrogens (primary N) is 1. The summed E-state index contributed by atoms with van der Waals surface area (Å²) in [5, 5.41) is 12.8. The number of primary amides is 1. The first kappa shape index (κ1) is 17.5. The lowest BCUT2D eigenvalue weighted by molar-refractivity contribution is -0.137. The van der Waals surface area contributed by atoms with Gasteiger partial charge in [0.25, 0.3) is 0 Å². The highest BCUT2D eigenvalue weighted by molar-refractivity contribution is 5.80. The lowest BCUT2D eigenvalue weighted by atomic mass is 9.92. The minimum Gasteiger partial charge on any atom is -0.387 e. The molecule has 1 amide bonds. The van der Waals surface area contributed by atoms with E-state index in [-0.39, 0.29) is 13.1 Å². The Balaban J connectivity index is 2.57. The van der Waals surface area contributed by atoms with Gasteiger partial charge in [-0.1, -0.05) is 12.1 Å². The molecule has 0 fully saturated rings. The van der Waals surface area contributed by atoms with Crippen LogP contribution >= 0.6 is 0 Å². The molecule has 4 N–H and O–H groups in total. The van der Waals surface area contributed by atoms with E-state index in [2.05, 4.69) is 5.32 Å². The Kier molecular flexibility index (Phi) is 5.36. The minimum absolute atomic E-state index is 0.113. The Labute approximate surface area is 121 Å². The van der Waals surface area contributed by atoms with Crippen LogP contribution in [0.5, 0.6) is 0 Å². The van der Waals surface area contributed by atoms with Crippen LogP contribution in [0.25, 0.3) is 0 Å². The molecule has 0 radical (unpaired) electrons. The molecule has 118 valence electrons. The van der Waals surface area contributed by atoms with Crippen molar-refractivity contribution in [2.24, 2.45) is 11.1 Å². The van der Waals surface area contributed by atoms with Crippen LogP contribution in [0.2, 0.25) is 0 Å². The predicted octanol–water partition coefficient (Wildman–Crippen LogP) is 1.84. The first-order valence-corrected chi connectivity index (χ1v) is 6.40. The summed E-state index contributed by atoms with van der Waals surface area (Å²) in [6.07, 6.45) is -5.36. The molecule has 1 rings (SSSR count). The Morgan fingerprint density at radius 3 is 2.24 bits per heavy atom. The molecule has 4 nitrogen and oxygen atoms in total. The summed E-state index contributed by atoms with van der Waals surface area (Å²) >= 11 is 0. The SMILES string of the molecule is CC(C)(CNCC(O)c1ccc(C(F)(F)F)cc1)C(N)=O. The third kappa shape index (κ3) is 5.02. The molecule has 0 heterocycles. The molecule has 1 atom stereocenters. The van der Waals surface area contributed by atoms with E-state index in [0.29, 0.717) is 5.56 Å². The van der Waals surface area contributed by atoms with Gasteiger partial charge in [-0.05, 0) is 31.5 Å². The number of amides is 1. The number of hydrogen-bond acceptors (Lipinski definition) is 3. The number of nitrogens with one attached hydrogen (secondary N) is 1. The van der Waals surface area contributed by atoms with E-state index in [1.165, 1.54) is 12.1 Å². The summed E-state index contributed by atoms with van der Waals surface area (Å²) in [6, 6.07) is 4.31. The van der Waals surface area contributed by atoms with Crippen molar-refractivity contribution in [1.82, 2.24) is 5.32 Å². The molecular weight excluding hydrogens is 285 g/mol. The van der Waals surface area contributed by atoms with Crippen LogP contribution in [0, 0.1) is 5.41 Å². The van der Waals surface area contributed by atoms with E-state index in [4.69, 9.17) is 5.73 Å². The second kappa shape index (κ2) is 6.44. The third-order valence-corrected chi connectivity index (χ3v) is 3.19. The number of hydrogen-bond donors (Lipinski definition) is 3. The zero-order chi connectivity index (χ0) is 16.3. The summed E-state index contributed by atoms with van der Waals surface area (Å²) in [5.41, 5.74) is 4.05. The van der Waals surface area contributed by atoms with Crippen molar-refractivity contribution in [3.05, 3.63) is 35.4 Å². The number of carbonyl (C=O) groups excluding carboxylic acids is 1. The largest absolute Gasteiger partial charge is 0.416 e. The van der Waals surface area contributed by atoms with Gasteiger partial charge in [0.1, 0.15) is 0 Å². The van der Waals surface area contributed by atoms with Crippen molar-refractivity contribution in [1.29, 1.82) is 0 Å². The average Bonchev–Trinajstić information content (AvgIpc) is 2.37. The van der Waals surface area contributed by atoms with Crippen LogP contribution in [0.15, 0.2) is 24.3 Å². The van der Waals surface area contributed by atoms with E-state index in [1.54, 1.807) is 13.8 Å². The zero-order valence-electron chi connectivity index (χ0n) is 11.9. The lowest BCUT2D eigenvalue weighted by Crippen LogP contribution is -2.41. The van der Waals surface area contributed by atoms with Gasteiger partial charge in [-0.15, -0.1) is 0 Å². The highest BCUT2D eigenvalue weighted by Crippen LogP contribution is 2.29. The number of aliphatic hydroxyl groups excluding tert-OH is 1. The van der Waals surface area contributed by atoms with E-state index in [9.17, 15) is 23.1 Å². The van der Waals surface area contributed by atoms with E-state index >= 15 is 0 Å². The van der Waals surface area contributed by atoms with Gasteiger partial charge >= 0.3 is 6.18 Å². The normalized spacial score (nSPS) is 14.0. The van der Waals surface area contributed by atoms with Crippen molar-refractivity contribution >= 4 is 5.91 Å². The Bertz CT molecular complexity index is 484. The fraction of sp³-hybridized carbons (Fsp3) is 0.500. The maximum atomic E-state index is 12.4. The van der Waals surface area contributed by atoms with Crippen LogP contribution in [0.4, 0.5) is 13.2 Å². The lowest BCUT2D eigenvalue weighted by Gasteiger charge is -2.22. The molecule has 0 aliphatic carbocycles. The molecule has 0 bridgehead atoms. The topological polar surface area (TPSA) is 75.3 Å². The molecule has 1 aromatic rings. The van der Waals surface area contributed by atoms with Gasteiger partial charge in [-0.2, -0.15) is 13.2 Å². The van der Waals surface area contributed by atoms with Gasteiger partial charge < -0.3 is 16.2 Å². The Hall–Kier alpha value is -1.60. The highest BCUT2D eigenvalue weighted by atomic mass is 19.4. The second-order valence-electron chi connectivity index (χ2n) is 5.51. The van der Waals surface area contributed by atoms with Crippen LogP contribution in [0.3, 0.4) is 0 Å². The van der Waals surface area contributed by atoms with E-state index < -0.39 is 29.2 Å². The third-order valence-electron chi connectivity index (χ3n) is 3.19. The molecule has 1 aromatic carbocycles. The maximum absolute atomic E-state index is 12.4. The van der Waals surface area contributed by atoms with Crippen molar-refractivity contribution < 1.29 is 23.1 Å². The number of carbonyl (C=O) groups is 1. The molecule has 0 saturated carbocycles. The van der Waals surface area contributed by atoms with Gasteiger partial charge in [-0.3, -0.25) is 4.79 Å². The molecule has 0 aromatic heterocycles. The number of aliphatic hydroxyl groups is 1. The summed E-state index contributed by atoms with van der Waals surface area (Å²) < 4.78 is 37.2. The second-order valence-corrected chi connectivity index (χ2v) is 5.51.